The summed E-state index contributed by atoms with van der Waals surface area (Å²) in [5.74, 6) is 1.24. The maximum absolute atomic E-state index is 13.7. The van der Waals surface area contributed by atoms with Gasteiger partial charge in [-0.05, 0) is 24.3 Å². The van der Waals surface area contributed by atoms with E-state index in [4.69, 9.17) is 4.74 Å². The predicted octanol–water partition coefficient (Wildman–Crippen LogP) is 3.38. The average Bonchev–Trinajstić information content (AvgIpc) is 3.37. The fraction of sp³-hybridized carbons (Fsp3) is 0.192. The van der Waals surface area contributed by atoms with Gasteiger partial charge in [-0.1, -0.05) is 18.2 Å². The molecule has 0 unspecified atom stereocenters. The van der Waals surface area contributed by atoms with E-state index in [0.717, 1.165) is 52.8 Å². The number of ether oxygens (including phenoxy) is 1. The van der Waals surface area contributed by atoms with Crippen molar-refractivity contribution in [2.24, 2.45) is 0 Å². The van der Waals surface area contributed by atoms with Crippen LogP contribution in [0.5, 0.6) is 5.75 Å². The normalized spacial score (nSPS) is 14.2. The van der Waals surface area contributed by atoms with Gasteiger partial charge in [0, 0.05) is 67.2 Å². The Morgan fingerprint density at radius 2 is 1.81 bits per heavy atom. The molecular weight excluding hydrogens is 490 g/mol. The van der Waals surface area contributed by atoms with Gasteiger partial charge in [0.2, 0.25) is 0 Å². The van der Waals surface area contributed by atoms with Crippen molar-refractivity contribution in [2.45, 2.75) is 4.90 Å². The van der Waals surface area contributed by atoms with Crippen molar-refractivity contribution in [3.05, 3.63) is 73.2 Å². The fourth-order valence-corrected chi connectivity index (χ4v) is 6.05. The van der Waals surface area contributed by atoms with E-state index >= 15 is 0 Å². The van der Waals surface area contributed by atoms with Gasteiger partial charge in [-0.25, -0.2) is 4.98 Å². The van der Waals surface area contributed by atoms with Gasteiger partial charge >= 0.3 is 0 Å². The Morgan fingerprint density at radius 3 is 2.65 bits per heavy atom. The molecule has 188 valence electrons. The number of pyridine rings is 2. The third kappa shape index (κ3) is 4.21. The van der Waals surface area contributed by atoms with Gasteiger partial charge in [-0.15, -0.1) is 0 Å². The summed E-state index contributed by atoms with van der Waals surface area (Å²) in [7, 11) is -2.36. The molecule has 3 aromatic heterocycles. The molecule has 2 N–H and O–H groups in total. The fourth-order valence-electron chi connectivity index (χ4n) is 4.60. The largest absolute Gasteiger partial charge is 0.495 e. The van der Waals surface area contributed by atoms with E-state index in [-0.39, 0.29) is 4.90 Å². The summed E-state index contributed by atoms with van der Waals surface area (Å²) in [5.41, 5.74) is 2.62. The predicted molar refractivity (Wildman–Crippen MR) is 143 cm³/mol. The topological polar surface area (TPSA) is 114 Å². The number of methoxy groups -OCH3 is 1. The van der Waals surface area contributed by atoms with Crippen LogP contribution in [0.4, 0.5) is 17.2 Å². The van der Waals surface area contributed by atoms with E-state index in [9.17, 15) is 8.42 Å². The lowest BCUT2D eigenvalue weighted by Crippen LogP contribution is -2.43. The van der Waals surface area contributed by atoms with Crippen molar-refractivity contribution in [1.82, 2.24) is 24.5 Å². The Kier molecular flexibility index (Phi) is 5.85. The van der Waals surface area contributed by atoms with Gasteiger partial charge < -0.3 is 20.3 Å². The van der Waals surface area contributed by atoms with Crippen molar-refractivity contribution in [1.29, 1.82) is 0 Å². The van der Waals surface area contributed by atoms with Crippen molar-refractivity contribution < 1.29 is 13.2 Å². The van der Waals surface area contributed by atoms with Gasteiger partial charge in [0.25, 0.3) is 10.0 Å². The SMILES string of the molecule is COc1cc(Nc2cc3c(cn2)cnn3S(=O)(=O)c2cccc3cccnc23)ccc1N1CCNCC1. The van der Waals surface area contributed by atoms with Crippen LogP contribution in [0.15, 0.2) is 78.1 Å². The zero-order valence-electron chi connectivity index (χ0n) is 20.1. The Hall–Kier alpha value is -4.22. The summed E-state index contributed by atoms with van der Waals surface area (Å²) in [5, 5.41) is 12.2. The molecular formula is C26H25N7O3S. The van der Waals surface area contributed by atoms with Gasteiger partial charge in [0.1, 0.15) is 16.5 Å². The summed E-state index contributed by atoms with van der Waals surface area (Å²) in [4.78, 5) is 11.1. The van der Waals surface area contributed by atoms with E-state index in [1.807, 2.05) is 30.3 Å². The number of anilines is 3. The lowest BCUT2D eigenvalue weighted by atomic mass is 10.2. The first kappa shape index (κ1) is 23.2. The number of hydrogen-bond donors (Lipinski definition) is 2. The van der Waals surface area contributed by atoms with Crippen LogP contribution in [0.25, 0.3) is 21.8 Å². The Morgan fingerprint density at radius 1 is 0.973 bits per heavy atom. The molecule has 1 saturated heterocycles. The lowest BCUT2D eigenvalue weighted by molar-refractivity contribution is 0.413. The van der Waals surface area contributed by atoms with Crippen LogP contribution in [-0.4, -0.2) is 60.9 Å². The zero-order chi connectivity index (χ0) is 25.4. The molecule has 6 rings (SSSR count). The standard InChI is InChI=1S/C26H25N7O3S/c1-36-23-14-20(7-8-21(23)32-12-10-27-11-13-32)31-25-15-22-19(16-29-25)17-30-33(22)37(34,35)24-6-2-4-18-5-3-9-28-26(18)24/h2-9,14-17,27H,10-13H2,1H3,(H,29,31). The summed E-state index contributed by atoms with van der Waals surface area (Å²) in [6.07, 6.45) is 4.67. The third-order valence-electron chi connectivity index (χ3n) is 6.43. The van der Waals surface area contributed by atoms with E-state index in [1.165, 1.54) is 6.20 Å². The molecule has 2 aromatic carbocycles. The Balaban J connectivity index is 1.35. The molecule has 37 heavy (non-hydrogen) atoms. The highest BCUT2D eigenvalue weighted by Gasteiger charge is 2.24. The molecule has 1 fully saturated rings. The van der Waals surface area contributed by atoms with Crippen molar-refractivity contribution in [3.8, 4) is 5.75 Å². The molecule has 0 spiro atoms. The second kappa shape index (κ2) is 9.34. The highest BCUT2D eigenvalue weighted by Crippen LogP contribution is 2.33. The first-order chi connectivity index (χ1) is 18.0. The smallest absolute Gasteiger partial charge is 0.285 e. The van der Waals surface area contributed by atoms with E-state index in [1.54, 1.807) is 43.8 Å². The highest BCUT2D eigenvalue weighted by molar-refractivity contribution is 7.90. The minimum absolute atomic E-state index is 0.0927. The number of piperazine rings is 1. The van der Waals surface area contributed by atoms with Gasteiger partial charge in [0.05, 0.1) is 30.0 Å². The number of nitrogens with one attached hydrogen (secondary N) is 2. The molecule has 11 heteroatoms. The van der Waals surface area contributed by atoms with Crippen LogP contribution < -0.4 is 20.3 Å². The number of hydrogen-bond acceptors (Lipinski definition) is 9. The molecule has 0 saturated carbocycles. The van der Waals surface area contributed by atoms with E-state index < -0.39 is 10.0 Å². The summed E-state index contributed by atoms with van der Waals surface area (Å²) < 4.78 is 34.0. The summed E-state index contributed by atoms with van der Waals surface area (Å²) in [6, 6.07) is 16.3. The third-order valence-corrected chi connectivity index (χ3v) is 8.06. The quantitative estimate of drug-likeness (QED) is 0.351. The van der Waals surface area contributed by atoms with Crippen LogP contribution in [0.3, 0.4) is 0 Å². The molecule has 5 aromatic rings. The summed E-state index contributed by atoms with van der Waals surface area (Å²) in [6.45, 7) is 3.68. The van der Waals surface area contributed by atoms with Gasteiger partial charge in [-0.3, -0.25) is 4.98 Å². The Labute approximate surface area is 214 Å². The molecule has 1 aliphatic rings. The molecule has 1 aliphatic heterocycles. The van der Waals surface area contributed by atoms with Crippen molar-refractivity contribution in [2.75, 3.05) is 43.5 Å². The molecule has 10 nitrogen and oxygen atoms in total. The minimum atomic E-state index is -4.01. The van der Waals surface area contributed by atoms with Crippen molar-refractivity contribution >= 4 is 49.0 Å². The number of para-hydroxylation sites is 1. The Bertz CT molecular complexity index is 1710. The maximum atomic E-state index is 13.7. The number of nitrogens with zero attached hydrogens (tertiary/aromatic N) is 5. The van der Waals surface area contributed by atoms with E-state index in [0.29, 0.717) is 22.2 Å². The molecule has 0 atom stereocenters. The second-order valence-corrected chi connectivity index (χ2v) is 10.4. The van der Waals surface area contributed by atoms with Crippen LogP contribution in [-0.2, 0) is 10.0 Å². The van der Waals surface area contributed by atoms with Crippen LogP contribution >= 0.6 is 0 Å². The van der Waals surface area contributed by atoms with Crippen LogP contribution in [0.1, 0.15) is 0 Å². The maximum Gasteiger partial charge on any atom is 0.285 e. The number of rotatable bonds is 6. The van der Waals surface area contributed by atoms with E-state index in [2.05, 4.69) is 30.6 Å². The average molecular weight is 516 g/mol. The first-order valence-electron chi connectivity index (χ1n) is 11.9. The molecule has 0 bridgehead atoms. The zero-order valence-corrected chi connectivity index (χ0v) is 20.9. The van der Waals surface area contributed by atoms with Crippen LogP contribution in [0, 0.1) is 0 Å². The number of fused-ring (bicyclic) bond motifs is 2. The van der Waals surface area contributed by atoms with Gasteiger partial charge in [0.15, 0.2) is 0 Å². The molecule has 0 aliphatic carbocycles. The highest BCUT2D eigenvalue weighted by atomic mass is 32.2. The summed E-state index contributed by atoms with van der Waals surface area (Å²) >= 11 is 0. The molecule has 0 radical (unpaired) electrons. The molecule has 0 amide bonds. The monoisotopic (exact) mass is 515 g/mol. The first-order valence-corrected chi connectivity index (χ1v) is 13.3. The number of aromatic nitrogens is 4. The number of benzene rings is 2. The van der Waals surface area contributed by atoms with Crippen molar-refractivity contribution in [3.63, 3.8) is 0 Å². The van der Waals surface area contributed by atoms with Gasteiger partial charge in [-0.2, -0.15) is 17.6 Å². The van der Waals surface area contributed by atoms with Crippen LogP contribution in [0.2, 0.25) is 0 Å². The second-order valence-electron chi connectivity index (χ2n) is 8.70. The lowest BCUT2D eigenvalue weighted by Gasteiger charge is -2.30. The molecule has 4 heterocycles. The minimum Gasteiger partial charge on any atom is -0.495 e.